The number of nitrogens with one attached hydrogen (secondary N) is 1. The smallest absolute Gasteiger partial charge is 0.259 e. The number of rotatable bonds is 4. The van der Waals surface area contributed by atoms with Gasteiger partial charge in [0.2, 0.25) is 0 Å². The highest BCUT2D eigenvalue weighted by atomic mass is 16.5. The standard InChI is InChI=1S/C17H19NO2/c1-4-13-8-6-9-14(11-13)18-17(19)16-12(2)7-5-10-15(16)20-3/h5-11H,4H2,1-3H3,(H,18,19). The summed E-state index contributed by atoms with van der Waals surface area (Å²) in [5.74, 6) is 0.447. The Bertz CT molecular complexity index is 620. The lowest BCUT2D eigenvalue weighted by molar-refractivity contribution is 0.102. The molecule has 0 aliphatic heterocycles. The number of ether oxygens (including phenoxy) is 1. The highest BCUT2D eigenvalue weighted by Gasteiger charge is 2.15. The van der Waals surface area contributed by atoms with Crippen LogP contribution in [-0.4, -0.2) is 13.0 Å². The molecule has 0 heterocycles. The molecule has 2 aromatic carbocycles. The molecular formula is C17H19NO2. The van der Waals surface area contributed by atoms with Crippen LogP contribution in [0.25, 0.3) is 0 Å². The second kappa shape index (κ2) is 6.24. The van der Waals surface area contributed by atoms with Gasteiger partial charge in [-0.05, 0) is 42.7 Å². The predicted octanol–water partition coefficient (Wildman–Crippen LogP) is 3.82. The number of carbonyl (C=O) groups is 1. The summed E-state index contributed by atoms with van der Waals surface area (Å²) in [7, 11) is 1.57. The number of carbonyl (C=O) groups excluding carboxylic acids is 1. The van der Waals surface area contributed by atoms with Gasteiger partial charge in [-0.25, -0.2) is 0 Å². The molecule has 0 saturated carbocycles. The molecule has 1 N–H and O–H groups in total. The molecular weight excluding hydrogens is 250 g/mol. The largest absolute Gasteiger partial charge is 0.496 e. The molecule has 1 amide bonds. The normalized spacial score (nSPS) is 10.2. The third-order valence-corrected chi connectivity index (χ3v) is 3.27. The SMILES string of the molecule is CCc1cccc(NC(=O)c2c(C)cccc2OC)c1. The molecule has 2 aromatic rings. The summed E-state index contributed by atoms with van der Waals surface area (Å²) < 4.78 is 5.27. The minimum Gasteiger partial charge on any atom is -0.496 e. The summed E-state index contributed by atoms with van der Waals surface area (Å²) >= 11 is 0. The Morgan fingerprint density at radius 2 is 1.95 bits per heavy atom. The first kappa shape index (κ1) is 14.1. The number of anilines is 1. The molecule has 0 fully saturated rings. The number of hydrogen-bond acceptors (Lipinski definition) is 2. The van der Waals surface area contributed by atoms with Crippen LogP contribution >= 0.6 is 0 Å². The lowest BCUT2D eigenvalue weighted by Crippen LogP contribution is -2.14. The van der Waals surface area contributed by atoms with Crippen molar-refractivity contribution in [2.24, 2.45) is 0 Å². The van der Waals surface area contributed by atoms with Crippen molar-refractivity contribution in [2.45, 2.75) is 20.3 Å². The van der Waals surface area contributed by atoms with Gasteiger partial charge in [-0.2, -0.15) is 0 Å². The highest BCUT2D eigenvalue weighted by molar-refractivity contribution is 6.07. The van der Waals surface area contributed by atoms with E-state index < -0.39 is 0 Å². The summed E-state index contributed by atoms with van der Waals surface area (Å²) in [5, 5.41) is 2.93. The second-order valence-electron chi connectivity index (χ2n) is 4.66. The minimum atomic E-state index is -0.145. The van der Waals surface area contributed by atoms with Crippen molar-refractivity contribution in [1.29, 1.82) is 0 Å². The zero-order valence-corrected chi connectivity index (χ0v) is 12.1. The van der Waals surface area contributed by atoms with Gasteiger partial charge in [0.25, 0.3) is 5.91 Å². The van der Waals surface area contributed by atoms with Gasteiger partial charge < -0.3 is 10.1 Å². The van der Waals surface area contributed by atoms with Gasteiger partial charge in [0.1, 0.15) is 5.75 Å². The second-order valence-corrected chi connectivity index (χ2v) is 4.66. The number of aryl methyl sites for hydroxylation is 2. The van der Waals surface area contributed by atoms with Gasteiger partial charge in [-0.1, -0.05) is 31.2 Å². The molecule has 0 aliphatic carbocycles. The molecule has 0 radical (unpaired) electrons. The first-order valence-electron chi connectivity index (χ1n) is 6.69. The van der Waals surface area contributed by atoms with Gasteiger partial charge in [-0.15, -0.1) is 0 Å². The van der Waals surface area contributed by atoms with E-state index in [-0.39, 0.29) is 5.91 Å². The topological polar surface area (TPSA) is 38.3 Å². The van der Waals surface area contributed by atoms with Crippen LogP contribution in [0.2, 0.25) is 0 Å². The molecule has 3 nitrogen and oxygen atoms in total. The number of methoxy groups -OCH3 is 1. The fraction of sp³-hybridized carbons (Fsp3) is 0.235. The van der Waals surface area contributed by atoms with Crippen LogP contribution < -0.4 is 10.1 Å². The molecule has 0 spiro atoms. The number of hydrogen-bond donors (Lipinski definition) is 1. The van der Waals surface area contributed by atoms with Gasteiger partial charge >= 0.3 is 0 Å². The summed E-state index contributed by atoms with van der Waals surface area (Å²) in [6.07, 6.45) is 0.942. The van der Waals surface area contributed by atoms with Crippen LogP contribution in [0.3, 0.4) is 0 Å². The Hall–Kier alpha value is -2.29. The van der Waals surface area contributed by atoms with Crippen LogP contribution in [0.15, 0.2) is 42.5 Å². The lowest BCUT2D eigenvalue weighted by atomic mass is 10.1. The van der Waals surface area contributed by atoms with E-state index in [1.807, 2.05) is 43.3 Å². The van der Waals surface area contributed by atoms with Crippen LogP contribution in [0.4, 0.5) is 5.69 Å². The van der Waals surface area contributed by atoms with E-state index in [4.69, 9.17) is 4.74 Å². The number of benzene rings is 2. The van der Waals surface area contributed by atoms with E-state index in [1.165, 1.54) is 5.56 Å². The van der Waals surface area contributed by atoms with E-state index in [9.17, 15) is 4.79 Å². The molecule has 3 heteroatoms. The fourth-order valence-electron chi connectivity index (χ4n) is 2.16. The van der Waals surface area contributed by atoms with Gasteiger partial charge in [0, 0.05) is 5.69 Å². The monoisotopic (exact) mass is 269 g/mol. The molecule has 2 rings (SSSR count). The predicted molar refractivity (Wildman–Crippen MR) is 81.5 cm³/mol. The molecule has 0 atom stereocenters. The van der Waals surface area contributed by atoms with Crippen molar-refractivity contribution in [3.05, 3.63) is 59.2 Å². The van der Waals surface area contributed by atoms with Crippen LogP contribution in [0.5, 0.6) is 5.75 Å². The average molecular weight is 269 g/mol. The van der Waals surface area contributed by atoms with E-state index in [0.29, 0.717) is 11.3 Å². The zero-order valence-electron chi connectivity index (χ0n) is 12.1. The Morgan fingerprint density at radius 1 is 1.20 bits per heavy atom. The van der Waals surface area contributed by atoms with Crippen molar-refractivity contribution >= 4 is 11.6 Å². The van der Waals surface area contributed by atoms with E-state index in [1.54, 1.807) is 13.2 Å². The molecule has 20 heavy (non-hydrogen) atoms. The summed E-state index contributed by atoms with van der Waals surface area (Å²) in [4.78, 5) is 12.4. The Kier molecular flexibility index (Phi) is 4.41. The Morgan fingerprint density at radius 3 is 2.65 bits per heavy atom. The highest BCUT2D eigenvalue weighted by Crippen LogP contribution is 2.23. The maximum absolute atomic E-state index is 12.4. The summed E-state index contributed by atoms with van der Waals surface area (Å²) in [6, 6.07) is 13.4. The van der Waals surface area contributed by atoms with Gasteiger partial charge in [-0.3, -0.25) is 4.79 Å². The maximum Gasteiger partial charge on any atom is 0.259 e. The molecule has 0 unspecified atom stereocenters. The zero-order chi connectivity index (χ0) is 14.5. The summed E-state index contributed by atoms with van der Waals surface area (Å²) in [6.45, 7) is 3.99. The van der Waals surface area contributed by atoms with Crippen LogP contribution in [0, 0.1) is 6.92 Å². The minimum absolute atomic E-state index is 0.145. The molecule has 104 valence electrons. The summed E-state index contributed by atoms with van der Waals surface area (Å²) in [5.41, 5.74) is 3.48. The first-order valence-corrected chi connectivity index (χ1v) is 6.69. The molecule has 0 aliphatic rings. The maximum atomic E-state index is 12.4. The van der Waals surface area contributed by atoms with Crippen LogP contribution in [-0.2, 0) is 6.42 Å². The quantitative estimate of drug-likeness (QED) is 0.916. The average Bonchev–Trinajstić information content (AvgIpc) is 2.46. The third-order valence-electron chi connectivity index (χ3n) is 3.27. The molecule has 0 bridgehead atoms. The Balaban J connectivity index is 2.28. The fourth-order valence-corrected chi connectivity index (χ4v) is 2.16. The molecule has 0 saturated heterocycles. The van der Waals surface area contributed by atoms with E-state index >= 15 is 0 Å². The van der Waals surface area contributed by atoms with Crippen molar-refractivity contribution in [1.82, 2.24) is 0 Å². The number of amides is 1. The molecule has 0 aromatic heterocycles. The van der Waals surface area contributed by atoms with Crippen molar-refractivity contribution in [3.63, 3.8) is 0 Å². The third kappa shape index (κ3) is 2.99. The van der Waals surface area contributed by atoms with E-state index in [0.717, 1.165) is 17.7 Å². The first-order chi connectivity index (χ1) is 9.65. The van der Waals surface area contributed by atoms with Crippen molar-refractivity contribution < 1.29 is 9.53 Å². The van der Waals surface area contributed by atoms with Crippen molar-refractivity contribution in [3.8, 4) is 5.75 Å². The Labute approximate surface area is 119 Å². The van der Waals surface area contributed by atoms with E-state index in [2.05, 4.69) is 12.2 Å². The van der Waals surface area contributed by atoms with Gasteiger partial charge in [0.15, 0.2) is 0 Å². The van der Waals surface area contributed by atoms with Crippen LogP contribution in [0.1, 0.15) is 28.4 Å². The van der Waals surface area contributed by atoms with Gasteiger partial charge in [0.05, 0.1) is 12.7 Å². The lowest BCUT2D eigenvalue weighted by Gasteiger charge is -2.12. The van der Waals surface area contributed by atoms with Crippen molar-refractivity contribution in [2.75, 3.05) is 12.4 Å².